The second-order valence-corrected chi connectivity index (χ2v) is 7.99. The predicted molar refractivity (Wildman–Crippen MR) is 105 cm³/mol. The fourth-order valence-corrected chi connectivity index (χ4v) is 5.08. The third-order valence-electron chi connectivity index (χ3n) is 6.24. The van der Waals surface area contributed by atoms with E-state index < -0.39 is 5.97 Å². The van der Waals surface area contributed by atoms with E-state index in [1.54, 1.807) is 0 Å². The summed E-state index contributed by atoms with van der Waals surface area (Å²) in [5, 5.41) is 8.91. The molecule has 27 heavy (non-hydrogen) atoms. The van der Waals surface area contributed by atoms with Crippen molar-refractivity contribution in [1.29, 1.82) is 0 Å². The highest BCUT2D eigenvalue weighted by atomic mass is 16.5. The van der Waals surface area contributed by atoms with Crippen molar-refractivity contribution in [2.45, 2.75) is 38.1 Å². The zero-order valence-corrected chi connectivity index (χ0v) is 15.6. The van der Waals surface area contributed by atoms with E-state index in [9.17, 15) is 4.79 Å². The summed E-state index contributed by atoms with van der Waals surface area (Å²) in [5.41, 5.74) is 2.91. The molecule has 1 atom stereocenters. The van der Waals surface area contributed by atoms with Crippen LogP contribution in [-0.4, -0.2) is 35.7 Å². The van der Waals surface area contributed by atoms with E-state index in [0.29, 0.717) is 17.1 Å². The molecule has 0 amide bonds. The Bertz CT molecular complexity index is 783. The van der Waals surface area contributed by atoms with Gasteiger partial charge < -0.3 is 9.84 Å². The topological polar surface area (TPSA) is 49.8 Å². The summed E-state index contributed by atoms with van der Waals surface area (Å²) in [4.78, 5) is 13.4. The van der Waals surface area contributed by atoms with E-state index in [1.807, 2.05) is 24.3 Å². The number of carbonyl (C=O) groups is 1. The summed E-state index contributed by atoms with van der Waals surface area (Å²) in [6.07, 6.45) is 5.27. The number of aliphatic carboxylic acids is 1. The monoisotopic (exact) mass is 365 g/mol. The summed E-state index contributed by atoms with van der Waals surface area (Å²) in [7, 11) is 0. The maximum Gasteiger partial charge on any atom is 0.341 e. The van der Waals surface area contributed by atoms with Gasteiger partial charge >= 0.3 is 5.97 Å². The van der Waals surface area contributed by atoms with Crippen LogP contribution in [0.15, 0.2) is 54.6 Å². The van der Waals surface area contributed by atoms with Crippen LogP contribution in [0.1, 0.15) is 42.7 Å². The lowest BCUT2D eigenvalue weighted by molar-refractivity contribution is -0.139. The highest BCUT2D eigenvalue weighted by molar-refractivity contribution is 5.68. The quantitative estimate of drug-likeness (QED) is 0.829. The maximum absolute atomic E-state index is 10.9. The van der Waals surface area contributed by atoms with Crippen molar-refractivity contribution in [3.63, 3.8) is 0 Å². The first-order valence-electron chi connectivity index (χ1n) is 9.86. The SMILES string of the molecule is O=C(O)COc1ccccc1CN1C[C@H](c2ccccc2)C2(CCCC2)C1. The third-order valence-corrected chi connectivity index (χ3v) is 6.24. The molecule has 4 heteroatoms. The highest BCUT2D eigenvalue weighted by Gasteiger charge is 2.48. The molecule has 1 heterocycles. The molecule has 4 nitrogen and oxygen atoms in total. The number of benzene rings is 2. The summed E-state index contributed by atoms with van der Waals surface area (Å²) >= 11 is 0. The van der Waals surface area contributed by atoms with Gasteiger partial charge in [0.2, 0.25) is 0 Å². The molecule has 1 N–H and O–H groups in total. The molecule has 2 aromatic carbocycles. The molecule has 2 fully saturated rings. The molecular formula is C23H27NO3. The Labute approximate surface area is 160 Å². The van der Waals surface area contributed by atoms with Crippen molar-refractivity contribution < 1.29 is 14.6 Å². The minimum absolute atomic E-state index is 0.298. The van der Waals surface area contributed by atoms with E-state index in [-0.39, 0.29) is 6.61 Å². The number of rotatable bonds is 6. The molecule has 4 rings (SSSR count). The molecule has 0 radical (unpaired) electrons. The van der Waals surface area contributed by atoms with Gasteiger partial charge in [0.1, 0.15) is 5.75 Å². The van der Waals surface area contributed by atoms with Gasteiger partial charge in [-0.1, -0.05) is 61.4 Å². The van der Waals surface area contributed by atoms with Crippen molar-refractivity contribution >= 4 is 5.97 Å². The first kappa shape index (κ1) is 18.1. The Kier molecular flexibility index (Phi) is 5.17. The van der Waals surface area contributed by atoms with E-state index >= 15 is 0 Å². The van der Waals surface area contributed by atoms with Crippen LogP contribution in [0.2, 0.25) is 0 Å². The Hall–Kier alpha value is -2.33. The van der Waals surface area contributed by atoms with Gasteiger partial charge in [-0.2, -0.15) is 0 Å². The molecule has 0 bridgehead atoms. The average Bonchev–Trinajstić information content (AvgIpc) is 3.29. The smallest absolute Gasteiger partial charge is 0.341 e. The first-order valence-corrected chi connectivity index (χ1v) is 9.86. The molecule has 1 saturated heterocycles. The van der Waals surface area contributed by atoms with Crippen LogP contribution in [-0.2, 0) is 11.3 Å². The fraction of sp³-hybridized carbons (Fsp3) is 0.435. The molecule has 1 saturated carbocycles. The zero-order valence-electron chi connectivity index (χ0n) is 15.6. The Morgan fingerprint density at radius 1 is 1.07 bits per heavy atom. The van der Waals surface area contributed by atoms with Gasteiger partial charge in [0.05, 0.1) is 0 Å². The van der Waals surface area contributed by atoms with Crippen molar-refractivity contribution in [3.05, 3.63) is 65.7 Å². The average molecular weight is 365 g/mol. The molecule has 0 unspecified atom stereocenters. The van der Waals surface area contributed by atoms with Crippen molar-refractivity contribution in [3.8, 4) is 5.75 Å². The number of ether oxygens (including phenoxy) is 1. The predicted octanol–water partition coefficient (Wildman–Crippen LogP) is 4.31. The normalized spacial score (nSPS) is 21.6. The lowest BCUT2D eigenvalue weighted by Gasteiger charge is -2.30. The van der Waals surface area contributed by atoms with Crippen LogP contribution >= 0.6 is 0 Å². The summed E-state index contributed by atoms with van der Waals surface area (Å²) < 4.78 is 5.51. The number of hydrogen-bond donors (Lipinski definition) is 1. The Balaban J connectivity index is 1.53. The molecule has 2 aromatic rings. The number of likely N-dealkylation sites (tertiary alicyclic amines) is 1. The maximum atomic E-state index is 10.9. The van der Waals surface area contributed by atoms with Gasteiger partial charge in [-0.05, 0) is 29.9 Å². The second kappa shape index (κ2) is 7.73. The van der Waals surface area contributed by atoms with Gasteiger partial charge in [-0.15, -0.1) is 0 Å². The van der Waals surface area contributed by atoms with E-state index in [2.05, 4.69) is 35.2 Å². The van der Waals surface area contributed by atoms with Crippen molar-refractivity contribution in [2.24, 2.45) is 5.41 Å². The second-order valence-electron chi connectivity index (χ2n) is 7.99. The molecule has 1 spiro atoms. The van der Waals surface area contributed by atoms with Crippen LogP contribution in [0.25, 0.3) is 0 Å². The van der Waals surface area contributed by atoms with Gasteiger partial charge in [0, 0.05) is 31.1 Å². The standard InChI is InChI=1S/C23H27NO3/c25-22(26)16-27-21-11-5-4-10-19(21)14-24-15-20(18-8-2-1-3-9-18)23(17-24)12-6-7-13-23/h1-5,8-11,20H,6-7,12-17H2,(H,25,26)/t20-/m1/s1. The Morgan fingerprint density at radius 3 is 2.52 bits per heavy atom. The Morgan fingerprint density at radius 2 is 1.78 bits per heavy atom. The van der Waals surface area contributed by atoms with E-state index in [4.69, 9.17) is 9.84 Å². The highest BCUT2D eigenvalue weighted by Crippen LogP contribution is 2.53. The number of nitrogens with zero attached hydrogens (tertiary/aromatic N) is 1. The van der Waals surface area contributed by atoms with Crippen molar-refractivity contribution in [2.75, 3.05) is 19.7 Å². The van der Waals surface area contributed by atoms with Crippen LogP contribution in [0.5, 0.6) is 5.75 Å². The van der Waals surface area contributed by atoms with Crippen LogP contribution < -0.4 is 4.74 Å². The van der Waals surface area contributed by atoms with E-state index in [0.717, 1.165) is 25.2 Å². The van der Waals surface area contributed by atoms with Gasteiger partial charge in [0.15, 0.2) is 6.61 Å². The first-order chi connectivity index (χ1) is 13.2. The lowest BCUT2D eigenvalue weighted by Crippen LogP contribution is -2.26. The number of carboxylic acids is 1. The molecule has 0 aromatic heterocycles. The molecular weight excluding hydrogens is 338 g/mol. The summed E-state index contributed by atoms with van der Waals surface area (Å²) in [6, 6.07) is 18.8. The van der Waals surface area contributed by atoms with E-state index in [1.165, 1.54) is 31.2 Å². The number of hydrogen-bond acceptors (Lipinski definition) is 3. The number of carboxylic acid groups (broad SMARTS) is 1. The van der Waals surface area contributed by atoms with Gasteiger partial charge in [-0.3, -0.25) is 4.90 Å². The molecule has 1 aliphatic heterocycles. The zero-order chi connectivity index (χ0) is 18.7. The minimum atomic E-state index is -0.944. The number of para-hydroxylation sites is 1. The molecule has 142 valence electrons. The largest absolute Gasteiger partial charge is 0.482 e. The lowest BCUT2D eigenvalue weighted by atomic mass is 9.73. The molecule has 1 aliphatic carbocycles. The van der Waals surface area contributed by atoms with Crippen LogP contribution in [0, 0.1) is 5.41 Å². The van der Waals surface area contributed by atoms with Crippen LogP contribution in [0.4, 0.5) is 0 Å². The van der Waals surface area contributed by atoms with Crippen LogP contribution in [0.3, 0.4) is 0 Å². The minimum Gasteiger partial charge on any atom is -0.482 e. The van der Waals surface area contributed by atoms with Gasteiger partial charge in [-0.25, -0.2) is 4.79 Å². The third kappa shape index (κ3) is 3.86. The van der Waals surface area contributed by atoms with Crippen molar-refractivity contribution in [1.82, 2.24) is 4.90 Å². The fourth-order valence-electron chi connectivity index (χ4n) is 5.08. The summed E-state index contributed by atoms with van der Waals surface area (Å²) in [6.45, 7) is 2.67. The summed E-state index contributed by atoms with van der Waals surface area (Å²) in [5.74, 6) is 0.317. The molecule has 2 aliphatic rings. The van der Waals surface area contributed by atoms with Gasteiger partial charge in [0.25, 0.3) is 0 Å².